The Morgan fingerprint density at radius 1 is 1.59 bits per heavy atom. The van der Waals surface area contributed by atoms with Crippen LogP contribution in [0.4, 0.5) is 0 Å². The molecule has 1 aliphatic carbocycles. The van der Waals surface area contributed by atoms with E-state index < -0.39 is 0 Å². The van der Waals surface area contributed by atoms with E-state index in [-0.39, 0.29) is 5.91 Å². The van der Waals surface area contributed by atoms with Gasteiger partial charge in [-0.15, -0.1) is 0 Å². The van der Waals surface area contributed by atoms with Gasteiger partial charge >= 0.3 is 0 Å². The van der Waals surface area contributed by atoms with Gasteiger partial charge in [0, 0.05) is 24.3 Å². The van der Waals surface area contributed by atoms with E-state index in [1.165, 1.54) is 0 Å². The molecule has 0 aromatic heterocycles. The molecule has 0 spiro atoms. The molecular formula is C12H21N3OS. The molecule has 2 aliphatic rings. The third-order valence-corrected chi connectivity index (χ3v) is 4.10. The van der Waals surface area contributed by atoms with E-state index in [9.17, 15) is 4.79 Å². The molecule has 2 N–H and O–H groups in total. The van der Waals surface area contributed by atoms with Crippen LogP contribution in [0.3, 0.4) is 0 Å². The van der Waals surface area contributed by atoms with Crippen molar-refractivity contribution in [2.24, 2.45) is 10.9 Å². The lowest BCUT2D eigenvalue weighted by atomic mass is 10.1. The number of carbonyl (C=O) groups excluding carboxylic acids is 1. The molecule has 1 unspecified atom stereocenters. The second kappa shape index (κ2) is 5.76. The molecule has 2 rings (SSSR count). The standard InChI is InChI=1S/C12H21N3OS/c1-8(2)10-7-17-12(15-10)13-6-5-11(16)14-9-3-4-9/h8-10H,3-7H2,1-2H3,(H,13,15)(H,14,16). The maximum absolute atomic E-state index is 11.4. The monoisotopic (exact) mass is 255 g/mol. The SMILES string of the molecule is CC(C)C1CSC(=NCCC(=O)NC2CC2)N1. The predicted octanol–water partition coefficient (Wildman–Crippen LogP) is 1.37. The Bertz CT molecular complexity index is 313. The number of nitrogens with one attached hydrogen (secondary N) is 2. The number of rotatable bonds is 5. The first-order valence-corrected chi connectivity index (χ1v) is 7.37. The highest BCUT2D eigenvalue weighted by Crippen LogP contribution is 2.19. The zero-order valence-electron chi connectivity index (χ0n) is 10.5. The number of aliphatic imine (C=N–C) groups is 1. The highest BCUT2D eigenvalue weighted by atomic mass is 32.2. The predicted molar refractivity (Wildman–Crippen MR) is 72.3 cm³/mol. The molecule has 0 radical (unpaired) electrons. The summed E-state index contributed by atoms with van der Waals surface area (Å²) < 4.78 is 0. The number of carbonyl (C=O) groups is 1. The third-order valence-electron chi connectivity index (χ3n) is 3.05. The Labute approximate surface area is 107 Å². The van der Waals surface area contributed by atoms with E-state index in [2.05, 4.69) is 29.5 Å². The molecule has 0 aromatic rings. The van der Waals surface area contributed by atoms with E-state index in [0.717, 1.165) is 23.8 Å². The summed E-state index contributed by atoms with van der Waals surface area (Å²) in [6.07, 6.45) is 2.80. The average molecular weight is 255 g/mol. The van der Waals surface area contributed by atoms with E-state index >= 15 is 0 Å². The summed E-state index contributed by atoms with van der Waals surface area (Å²) in [5.41, 5.74) is 0. The number of hydrogen-bond acceptors (Lipinski definition) is 3. The number of hydrogen-bond donors (Lipinski definition) is 2. The number of amidine groups is 1. The minimum Gasteiger partial charge on any atom is -0.361 e. The summed E-state index contributed by atoms with van der Waals surface area (Å²) in [5.74, 6) is 1.86. The molecule has 1 amide bonds. The lowest BCUT2D eigenvalue weighted by Crippen LogP contribution is -2.32. The van der Waals surface area contributed by atoms with Crippen molar-refractivity contribution in [3.05, 3.63) is 0 Å². The Kier molecular flexibility index (Phi) is 4.31. The summed E-state index contributed by atoms with van der Waals surface area (Å²) in [5, 5.41) is 7.37. The maximum Gasteiger partial charge on any atom is 0.222 e. The van der Waals surface area contributed by atoms with Crippen molar-refractivity contribution in [2.75, 3.05) is 12.3 Å². The smallest absolute Gasteiger partial charge is 0.222 e. The van der Waals surface area contributed by atoms with Gasteiger partial charge in [-0.2, -0.15) is 0 Å². The summed E-state index contributed by atoms with van der Waals surface area (Å²) in [4.78, 5) is 15.9. The fraction of sp³-hybridized carbons (Fsp3) is 0.833. The first-order valence-electron chi connectivity index (χ1n) is 6.38. The van der Waals surface area contributed by atoms with Crippen LogP contribution in [0.25, 0.3) is 0 Å². The second-order valence-corrected chi connectivity index (χ2v) is 6.09. The van der Waals surface area contributed by atoms with Crippen LogP contribution in [0, 0.1) is 5.92 Å². The molecule has 1 saturated carbocycles. The second-order valence-electron chi connectivity index (χ2n) is 5.08. The van der Waals surface area contributed by atoms with Gasteiger partial charge in [0.15, 0.2) is 5.17 Å². The molecule has 1 heterocycles. The normalized spacial score (nSPS) is 26.3. The van der Waals surface area contributed by atoms with Gasteiger partial charge < -0.3 is 10.6 Å². The summed E-state index contributed by atoms with van der Waals surface area (Å²) in [6.45, 7) is 5.02. The first kappa shape index (κ1) is 12.7. The molecule has 2 fully saturated rings. The van der Waals surface area contributed by atoms with E-state index in [1.54, 1.807) is 11.8 Å². The number of amides is 1. The third kappa shape index (κ3) is 4.22. The van der Waals surface area contributed by atoms with Gasteiger partial charge in [-0.05, 0) is 18.8 Å². The average Bonchev–Trinajstić information content (AvgIpc) is 2.94. The zero-order valence-corrected chi connectivity index (χ0v) is 11.3. The van der Waals surface area contributed by atoms with Crippen LogP contribution < -0.4 is 10.6 Å². The van der Waals surface area contributed by atoms with Crippen molar-refractivity contribution in [2.45, 2.75) is 45.2 Å². The van der Waals surface area contributed by atoms with Crippen LogP contribution in [0.2, 0.25) is 0 Å². The van der Waals surface area contributed by atoms with Gasteiger partial charge in [-0.3, -0.25) is 9.79 Å². The fourth-order valence-corrected chi connectivity index (χ4v) is 2.87. The van der Waals surface area contributed by atoms with Gasteiger partial charge in [0.1, 0.15) is 0 Å². The van der Waals surface area contributed by atoms with Crippen molar-refractivity contribution >= 4 is 22.8 Å². The molecule has 5 heteroatoms. The molecule has 96 valence electrons. The lowest BCUT2D eigenvalue weighted by molar-refractivity contribution is -0.121. The van der Waals surface area contributed by atoms with Crippen molar-refractivity contribution in [1.82, 2.24) is 10.6 Å². The summed E-state index contributed by atoms with van der Waals surface area (Å²) in [6, 6.07) is 0.985. The van der Waals surface area contributed by atoms with Gasteiger partial charge in [0.2, 0.25) is 5.91 Å². The van der Waals surface area contributed by atoms with Crippen LogP contribution in [0.1, 0.15) is 33.1 Å². The highest BCUT2D eigenvalue weighted by molar-refractivity contribution is 8.14. The Morgan fingerprint density at radius 2 is 2.35 bits per heavy atom. The van der Waals surface area contributed by atoms with Crippen molar-refractivity contribution < 1.29 is 4.79 Å². The van der Waals surface area contributed by atoms with Crippen LogP contribution in [0.15, 0.2) is 4.99 Å². The Hall–Kier alpha value is -0.710. The number of nitrogens with zero attached hydrogens (tertiary/aromatic N) is 1. The van der Waals surface area contributed by atoms with E-state index in [4.69, 9.17) is 0 Å². The fourth-order valence-electron chi connectivity index (χ4n) is 1.65. The topological polar surface area (TPSA) is 53.5 Å². The van der Waals surface area contributed by atoms with Crippen LogP contribution >= 0.6 is 11.8 Å². The highest BCUT2D eigenvalue weighted by Gasteiger charge is 2.24. The molecule has 0 bridgehead atoms. The quantitative estimate of drug-likeness (QED) is 0.780. The Morgan fingerprint density at radius 3 is 2.94 bits per heavy atom. The van der Waals surface area contributed by atoms with Crippen molar-refractivity contribution in [3.8, 4) is 0 Å². The molecule has 17 heavy (non-hydrogen) atoms. The maximum atomic E-state index is 11.4. The van der Waals surface area contributed by atoms with Gasteiger partial charge in [0.25, 0.3) is 0 Å². The van der Waals surface area contributed by atoms with Gasteiger partial charge in [-0.1, -0.05) is 25.6 Å². The van der Waals surface area contributed by atoms with Gasteiger partial charge in [0.05, 0.1) is 6.54 Å². The zero-order chi connectivity index (χ0) is 12.3. The molecule has 1 atom stereocenters. The molecule has 4 nitrogen and oxygen atoms in total. The summed E-state index contributed by atoms with van der Waals surface area (Å²) >= 11 is 1.76. The minimum absolute atomic E-state index is 0.139. The van der Waals surface area contributed by atoms with Crippen LogP contribution in [0.5, 0.6) is 0 Å². The van der Waals surface area contributed by atoms with Crippen LogP contribution in [-0.2, 0) is 4.79 Å². The largest absolute Gasteiger partial charge is 0.361 e. The van der Waals surface area contributed by atoms with Crippen LogP contribution in [-0.4, -0.2) is 35.5 Å². The molecule has 0 aromatic carbocycles. The summed E-state index contributed by atoms with van der Waals surface area (Å²) in [7, 11) is 0. The number of thioether (sulfide) groups is 1. The Balaban J connectivity index is 1.65. The van der Waals surface area contributed by atoms with Crippen molar-refractivity contribution in [3.63, 3.8) is 0 Å². The van der Waals surface area contributed by atoms with Gasteiger partial charge in [-0.25, -0.2) is 0 Å². The molecule has 1 aliphatic heterocycles. The van der Waals surface area contributed by atoms with Crippen molar-refractivity contribution in [1.29, 1.82) is 0 Å². The van der Waals surface area contributed by atoms with E-state index in [0.29, 0.717) is 31.0 Å². The first-order chi connectivity index (χ1) is 8.15. The molecule has 1 saturated heterocycles. The molecular weight excluding hydrogens is 234 g/mol. The van der Waals surface area contributed by atoms with E-state index in [1.807, 2.05) is 0 Å². The minimum atomic E-state index is 0.139. The lowest BCUT2D eigenvalue weighted by Gasteiger charge is -2.13.